The first-order valence-electron chi connectivity index (χ1n) is 4.32. The molecule has 4 nitrogen and oxygen atoms in total. The van der Waals surface area contributed by atoms with E-state index < -0.39 is 0 Å². The van der Waals surface area contributed by atoms with Gasteiger partial charge in [-0.25, -0.2) is 0 Å². The highest BCUT2D eigenvalue weighted by atomic mass is 35.5. The second kappa shape index (κ2) is 4.39. The van der Waals surface area contributed by atoms with Crippen LogP contribution in [0.25, 0.3) is 0 Å². The monoisotopic (exact) mass is 192 g/mol. The van der Waals surface area contributed by atoms with Gasteiger partial charge in [0.2, 0.25) is 0 Å². The lowest BCUT2D eigenvalue weighted by atomic mass is 9.95. The van der Waals surface area contributed by atoms with E-state index in [1.54, 1.807) is 0 Å². The van der Waals surface area contributed by atoms with E-state index in [1.807, 2.05) is 0 Å². The molecule has 0 spiro atoms. The number of hydrogen-bond acceptors (Lipinski definition) is 4. The first-order chi connectivity index (χ1) is 5.42. The zero-order valence-electron chi connectivity index (χ0n) is 7.05. The fraction of sp³-hybridized carbons (Fsp3) is 1.00. The number of nitrogens with one attached hydrogen (secondary N) is 3. The van der Waals surface area contributed by atoms with E-state index in [0.717, 1.165) is 19.8 Å². The Morgan fingerprint density at radius 2 is 2.08 bits per heavy atom. The van der Waals surface area contributed by atoms with Crippen LogP contribution in [0.4, 0.5) is 0 Å². The fourth-order valence-electron chi connectivity index (χ4n) is 2.09. The zero-order chi connectivity index (χ0) is 7.68. The molecule has 0 radical (unpaired) electrons. The maximum atomic E-state index is 5.64. The van der Waals surface area contributed by atoms with Gasteiger partial charge in [-0.05, 0) is 13.0 Å². The van der Waals surface area contributed by atoms with Crippen LogP contribution < -0.4 is 21.7 Å². The Morgan fingerprint density at radius 3 is 2.83 bits per heavy atom. The van der Waals surface area contributed by atoms with Gasteiger partial charge in [-0.15, -0.1) is 12.4 Å². The molecule has 2 aliphatic rings. The van der Waals surface area contributed by atoms with Gasteiger partial charge in [0.05, 0.1) is 6.17 Å². The summed E-state index contributed by atoms with van der Waals surface area (Å²) in [6.45, 7) is 2.76. The van der Waals surface area contributed by atoms with Crippen LogP contribution in [-0.4, -0.2) is 32.0 Å². The van der Waals surface area contributed by atoms with Crippen LogP contribution in [0.15, 0.2) is 0 Å². The highest BCUT2D eigenvalue weighted by molar-refractivity contribution is 5.85. The lowest BCUT2D eigenvalue weighted by Crippen LogP contribution is -2.60. The average molecular weight is 193 g/mol. The summed E-state index contributed by atoms with van der Waals surface area (Å²) in [7, 11) is 0. The zero-order valence-corrected chi connectivity index (χ0v) is 7.86. The standard InChI is InChI=1S/C7H16N4.ClH/c8-3-6-5-1-2-9-7(5)11-4-10-6;/h5-7,9-11H,1-4,8H2;1H. The predicted molar refractivity (Wildman–Crippen MR) is 51.1 cm³/mol. The molecule has 3 unspecified atom stereocenters. The van der Waals surface area contributed by atoms with Crippen molar-refractivity contribution in [2.75, 3.05) is 19.8 Å². The molecule has 2 rings (SSSR count). The van der Waals surface area contributed by atoms with Crippen molar-refractivity contribution in [3.63, 3.8) is 0 Å². The maximum Gasteiger partial charge on any atom is 0.0626 e. The van der Waals surface area contributed by atoms with E-state index in [-0.39, 0.29) is 12.4 Å². The molecule has 2 aliphatic heterocycles. The van der Waals surface area contributed by atoms with Gasteiger partial charge in [0.1, 0.15) is 0 Å². The average Bonchev–Trinajstić information content (AvgIpc) is 2.50. The van der Waals surface area contributed by atoms with Crippen LogP contribution in [0, 0.1) is 5.92 Å². The summed E-state index contributed by atoms with van der Waals surface area (Å²) < 4.78 is 0. The third kappa shape index (κ3) is 1.72. The molecule has 72 valence electrons. The van der Waals surface area contributed by atoms with Gasteiger partial charge in [-0.3, -0.25) is 10.6 Å². The number of halogens is 1. The smallest absolute Gasteiger partial charge is 0.0626 e. The van der Waals surface area contributed by atoms with E-state index in [0.29, 0.717) is 18.1 Å². The summed E-state index contributed by atoms with van der Waals surface area (Å²) in [4.78, 5) is 0. The van der Waals surface area contributed by atoms with Crippen LogP contribution >= 0.6 is 12.4 Å². The molecule has 0 saturated carbocycles. The number of nitrogens with two attached hydrogens (primary N) is 1. The van der Waals surface area contributed by atoms with Crippen molar-refractivity contribution in [2.24, 2.45) is 11.7 Å². The Hall–Kier alpha value is 0.130. The summed E-state index contributed by atoms with van der Waals surface area (Å²) in [6.07, 6.45) is 1.75. The number of hydrogen-bond donors (Lipinski definition) is 4. The first-order valence-corrected chi connectivity index (χ1v) is 4.32. The fourth-order valence-corrected chi connectivity index (χ4v) is 2.09. The van der Waals surface area contributed by atoms with E-state index >= 15 is 0 Å². The van der Waals surface area contributed by atoms with Gasteiger partial charge in [0.15, 0.2) is 0 Å². The molecule has 0 aromatic heterocycles. The summed E-state index contributed by atoms with van der Waals surface area (Å²) in [6, 6.07) is 0.510. The Labute approximate surface area is 79.1 Å². The van der Waals surface area contributed by atoms with Crippen LogP contribution in [0.5, 0.6) is 0 Å². The second-order valence-electron chi connectivity index (χ2n) is 3.31. The minimum atomic E-state index is 0. The van der Waals surface area contributed by atoms with Crippen LogP contribution in [-0.2, 0) is 0 Å². The molecule has 0 aromatic carbocycles. The molecule has 5 N–H and O–H groups in total. The van der Waals surface area contributed by atoms with Crippen molar-refractivity contribution in [1.29, 1.82) is 0 Å². The Balaban J connectivity index is 0.000000720. The molecule has 2 heterocycles. The minimum Gasteiger partial charge on any atom is -0.329 e. The van der Waals surface area contributed by atoms with Crippen LogP contribution in [0.1, 0.15) is 6.42 Å². The predicted octanol–water partition coefficient (Wildman–Crippen LogP) is -1.18. The van der Waals surface area contributed by atoms with E-state index in [9.17, 15) is 0 Å². The van der Waals surface area contributed by atoms with Crippen molar-refractivity contribution >= 4 is 12.4 Å². The highest BCUT2D eigenvalue weighted by Crippen LogP contribution is 2.19. The van der Waals surface area contributed by atoms with Gasteiger partial charge < -0.3 is 11.1 Å². The number of fused-ring (bicyclic) bond motifs is 1. The van der Waals surface area contributed by atoms with E-state index in [4.69, 9.17) is 5.73 Å². The van der Waals surface area contributed by atoms with Crippen molar-refractivity contribution < 1.29 is 0 Å². The lowest BCUT2D eigenvalue weighted by molar-refractivity contribution is 0.229. The molecule has 0 aromatic rings. The van der Waals surface area contributed by atoms with Crippen molar-refractivity contribution in [1.82, 2.24) is 16.0 Å². The Kier molecular flexibility index (Phi) is 3.74. The van der Waals surface area contributed by atoms with E-state index in [1.165, 1.54) is 6.42 Å². The normalized spacial score (nSPS) is 40.2. The van der Waals surface area contributed by atoms with Gasteiger partial charge in [0, 0.05) is 25.2 Å². The quantitative estimate of drug-likeness (QED) is 0.423. The van der Waals surface area contributed by atoms with Gasteiger partial charge in [0.25, 0.3) is 0 Å². The SMILES string of the molecule is Cl.NCC1NCNC2NCCC12. The van der Waals surface area contributed by atoms with Crippen LogP contribution in [0.2, 0.25) is 0 Å². The Morgan fingerprint density at radius 1 is 1.25 bits per heavy atom. The Bertz CT molecular complexity index is 143. The largest absolute Gasteiger partial charge is 0.329 e. The molecule has 0 amide bonds. The summed E-state index contributed by atoms with van der Waals surface area (Å²) in [5, 5.41) is 10.1. The first kappa shape index (κ1) is 10.2. The molecule has 2 fully saturated rings. The molecular weight excluding hydrogens is 176 g/mol. The third-order valence-corrected chi connectivity index (χ3v) is 2.73. The second-order valence-corrected chi connectivity index (χ2v) is 3.31. The highest BCUT2D eigenvalue weighted by Gasteiger charge is 2.34. The van der Waals surface area contributed by atoms with Gasteiger partial charge in [-0.1, -0.05) is 0 Å². The minimum absolute atomic E-state index is 0. The molecule has 0 aliphatic carbocycles. The van der Waals surface area contributed by atoms with Crippen molar-refractivity contribution in [3.8, 4) is 0 Å². The van der Waals surface area contributed by atoms with Crippen molar-refractivity contribution in [2.45, 2.75) is 18.6 Å². The third-order valence-electron chi connectivity index (χ3n) is 2.73. The molecule has 2 saturated heterocycles. The summed E-state index contributed by atoms with van der Waals surface area (Å²) >= 11 is 0. The molecule has 12 heavy (non-hydrogen) atoms. The molecular formula is C7H17ClN4. The van der Waals surface area contributed by atoms with E-state index in [2.05, 4.69) is 16.0 Å². The summed E-state index contributed by atoms with van der Waals surface area (Å²) in [5.74, 6) is 0.689. The van der Waals surface area contributed by atoms with Crippen molar-refractivity contribution in [3.05, 3.63) is 0 Å². The molecule has 5 heteroatoms. The topological polar surface area (TPSA) is 62.1 Å². The van der Waals surface area contributed by atoms with Gasteiger partial charge >= 0.3 is 0 Å². The molecule has 0 bridgehead atoms. The lowest BCUT2D eigenvalue weighted by Gasteiger charge is -2.34. The van der Waals surface area contributed by atoms with Gasteiger partial charge in [-0.2, -0.15) is 0 Å². The number of rotatable bonds is 1. The van der Waals surface area contributed by atoms with Crippen LogP contribution in [0.3, 0.4) is 0 Å². The summed E-state index contributed by atoms with van der Waals surface area (Å²) in [5.41, 5.74) is 5.64. The maximum absolute atomic E-state index is 5.64. The molecule has 3 atom stereocenters.